The lowest BCUT2D eigenvalue weighted by molar-refractivity contribution is -0.107. The third-order valence-corrected chi connectivity index (χ3v) is 14.9. The molecule has 2 aromatic heterocycles. The van der Waals surface area contributed by atoms with Gasteiger partial charge in [0.05, 0.1) is 26.0 Å². The molecule has 0 spiro atoms. The lowest BCUT2D eigenvalue weighted by Gasteiger charge is -2.47. The summed E-state index contributed by atoms with van der Waals surface area (Å²) in [5, 5.41) is 27.4. The number of hydrogen-bond acceptors (Lipinski definition) is 10. The Kier molecular flexibility index (Phi) is 10.4. The van der Waals surface area contributed by atoms with Crippen molar-refractivity contribution >= 4 is 30.2 Å². The molecule has 2 fully saturated rings. The number of nitrogens with zero attached hydrogens (tertiary/aromatic N) is 5. The molecule has 8 rings (SSSR count). The second kappa shape index (κ2) is 15.5. The van der Waals surface area contributed by atoms with E-state index in [0.717, 1.165) is 12.8 Å². The van der Waals surface area contributed by atoms with Gasteiger partial charge in [0.25, 0.3) is 5.91 Å². The van der Waals surface area contributed by atoms with Gasteiger partial charge in [-0.15, -0.1) is 0 Å². The van der Waals surface area contributed by atoms with Gasteiger partial charge in [0.2, 0.25) is 0 Å². The van der Waals surface area contributed by atoms with Crippen molar-refractivity contribution in [2.24, 2.45) is 0 Å². The van der Waals surface area contributed by atoms with Crippen molar-refractivity contribution < 1.29 is 33.8 Å². The molecule has 5 atom stereocenters. The van der Waals surface area contributed by atoms with Crippen LogP contribution in [0.1, 0.15) is 52.5 Å². The first-order valence-corrected chi connectivity index (χ1v) is 21.0. The lowest BCUT2D eigenvalue weighted by Crippen LogP contribution is -2.56. The molecule has 0 radical (unpaired) electrons. The second-order valence-corrected chi connectivity index (χ2v) is 17.7. The number of carbonyl (C=O) groups excluding carboxylic acids is 1. The van der Waals surface area contributed by atoms with Crippen molar-refractivity contribution in [2.45, 2.75) is 48.5 Å². The number of fused-ring (bicyclic) bond motifs is 1. The Bertz CT molecular complexity index is 2340. The first kappa shape index (κ1) is 38.4. The third kappa shape index (κ3) is 6.59. The van der Waals surface area contributed by atoms with Crippen LogP contribution < -0.4 is 14.8 Å². The quantitative estimate of drug-likeness (QED) is 0.0921. The van der Waals surface area contributed by atoms with Gasteiger partial charge < -0.3 is 34.3 Å². The van der Waals surface area contributed by atoms with Gasteiger partial charge in [-0.3, -0.25) is 14.0 Å². The molecule has 57 heavy (non-hydrogen) atoms. The molecule has 2 aliphatic heterocycles. The maximum Gasteiger partial charge on any atom is 0.256 e. The Morgan fingerprint density at radius 2 is 1.42 bits per heavy atom. The summed E-state index contributed by atoms with van der Waals surface area (Å²) >= 11 is 0. The fraction of sp³-hybridized carbons (Fsp3) is 0.302. The van der Waals surface area contributed by atoms with Crippen LogP contribution in [-0.4, -0.2) is 91.8 Å². The Morgan fingerprint density at radius 1 is 0.860 bits per heavy atom. The minimum absolute atomic E-state index is 0.156. The van der Waals surface area contributed by atoms with Crippen LogP contribution in [0.5, 0.6) is 11.5 Å². The van der Waals surface area contributed by atoms with E-state index in [1.165, 1.54) is 12.7 Å². The van der Waals surface area contributed by atoms with E-state index in [-0.39, 0.29) is 18.1 Å². The number of ether oxygens (including phenoxy) is 3. The first-order valence-electron chi connectivity index (χ1n) is 18.9. The van der Waals surface area contributed by atoms with Crippen LogP contribution in [0, 0.1) is 0 Å². The number of amides is 1. The summed E-state index contributed by atoms with van der Waals surface area (Å²) < 4.78 is 36.9. The Balaban J connectivity index is 1.28. The highest BCUT2D eigenvalue weighted by Gasteiger charge is 2.65. The molecule has 1 amide bonds. The second-order valence-electron chi connectivity index (χ2n) is 14.6. The van der Waals surface area contributed by atoms with Crippen LogP contribution in [0.4, 0.5) is 5.82 Å². The molecule has 0 saturated carbocycles. The minimum Gasteiger partial charge on any atom is -0.497 e. The highest BCUT2D eigenvalue weighted by Crippen LogP contribution is 2.67. The fourth-order valence-electron chi connectivity index (χ4n) is 8.49. The van der Waals surface area contributed by atoms with E-state index in [9.17, 15) is 15.0 Å². The molecular weight excluding hydrogens is 743 g/mol. The number of anilines is 1. The minimum atomic E-state index is -3.70. The van der Waals surface area contributed by atoms with E-state index >= 15 is 4.57 Å². The average Bonchev–Trinajstić information content (AvgIpc) is 4.03. The number of nitrogens with one attached hydrogen (secondary N) is 1. The maximum atomic E-state index is 15.4. The van der Waals surface area contributed by atoms with Gasteiger partial charge in [0.1, 0.15) is 36.3 Å². The van der Waals surface area contributed by atoms with E-state index in [4.69, 9.17) is 14.2 Å². The normalized spacial score (nSPS) is 21.6. The summed E-state index contributed by atoms with van der Waals surface area (Å²) in [4.78, 5) is 26.6. The van der Waals surface area contributed by atoms with E-state index in [2.05, 4.69) is 20.3 Å². The van der Waals surface area contributed by atoms with Crippen molar-refractivity contribution in [1.29, 1.82) is 0 Å². The molecule has 0 aliphatic carbocycles. The van der Waals surface area contributed by atoms with Crippen LogP contribution in [0.15, 0.2) is 122 Å². The third-order valence-electron chi connectivity index (χ3n) is 11.6. The standard InChI is InChI=1S/C43H45N6O7P/c1-54-33-20-16-31(17-21-33)43(30-14-8-5-9-15-30,32-18-22-34(55-2)23-19-32)37(50)38-42(52,57(3,53)48-24-10-11-25-48)26-35(56-38)49-28-46-36-39(44-27-45-40(36)49)47-41(51)29-12-6-4-7-13-29/h4-9,12-23,27-28,35,37-38,50,52H,10-11,24-26H2,1-3H3,(H,44,45,47,51)/t35-,37?,38-,42-,57?/m1/s1. The molecule has 6 aromatic rings. The predicted octanol–water partition coefficient (Wildman–Crippen LogP) is 6.47. The molecular formula is C43H45N6O7P. The van der Waals surface area contributed by atoms with Crippen molar-refractivity contribution in [3.63, 3.8) is 0 Å². The van der Waals surface area contributed by atoms with Gasteiger partial charge in [-0.05, 0) is 65.9 Å². The van der Waals surface area contributed by atoms with Crippen LogP contribution in [0.2, 0.25) is 0 Å². The largest absolute Gasteiger partial charge is 0.497 e. The monoisotopic (exact) mass is 788 g/mol. The zero-order chi connectivity index (χ0) is 39.8. The first-order chi connectivity index (χ1) is 27.6. The van der Waals surface area contributed by atoms with Gasteiger partial charge >= 0.3 is 0 Å². The van der Waals surface area contributed by atoms with Crippen molar-refractivity contribution in [3.05, 3.63) is 144 Å². The van der Waals surface area contributed by atoms with Gasteiger partial charge in [-0.2, -0.15) is 0 Å². The maximum absolute atomic E-state index is 15.4. The highest BCUT2D eigenvalue weighted by molar-refractivity contribution is 7.62. The number of benzene rings is 4. The summed E-state index contributed by atoms with van der Waals surface area (Å²) in [5.41, 5.74) is 1.78. The Morgan fingerprint density at radius 3 is 2.00 bits per heavy atom. The Labute approximate surface area is 330 Å². The molecule has 4 aromatic carbocycles. The van der Waals surface area contributed by atoms with Crippen molar-refractivity contribution in [3.8, 4) is 11.5 Å². The molecule has 2 unspecified atom stereocenters. The van der Waals surface area contributed by atoms with Gasteiger partial charge in [0, 0.05) is 31.7 Å². The SMILES string of the molecule is COc1ccc(C(c2ccccc2)(c2ccc(OC)cc2)C(O)[C@H]2O[C@@H](n3cnc4c(NC(=O)c5ccccc5)ncnc43)C[C@@]2(O)P(C)(=O)N2CCCC2)cc1. The average molecular weight is 789 g/mol. The van der Waals surface area contributed by atoms with Crippen LogP contribution in [0.3, 0.4) is 0 Å². The lowest BCUT2D eigenvalue weighted by atomic mass is 9.64. The summed E-state index contributed by atoms with van der Waals surface area (Å²) in [6.45, 7) is 2.67. The summed E-state index contributed by atoms with van der Waals surface area (Å²) in [6, 6.07) is 33.2. The number of aliphatic hydroxyl groups is 2. The number of aromatic nitrogens is 4. The number of methoxy groups -OCH3 is 2. The molecule has 3 N–H and O–H groups in total. The molecule has 2 aliphatic rings. The van der Waals surface area contributed by atoms with Gasteiger partial charge in [0.15, 0.2) is 29.6 Å². The zero-order valence-corrected chi connectivity index (χ0v) is 32.8. The topological polar surface area (TPSA) is 161 Å². The van der Waals surface area contributed by atoms with E-state index < -0.39 is 36.5 Å². The predicted molar refractivity (Wildman–Crippen MR) is 216 cm³/mol. The molecule has 14 heteroatoms. The molecule has 4 heterocycles. The van der Waals surface area contributed by atoms with Gasteiger partial charge in [-0.1, -0.05) is 72.8 Å². The number of carbonyl (C=O) groups is 1. The number of hydrogen-bond donors (Lipinski definition) is 3. The number of imidazole rings is 1. The Hall–Kier alpha value is -5.43. The van der Waals surface area contributed by atoms with E-state index in [1.54, 1.807) is 49.7 Å². The molecule has 294 valence electrons. The van der Waals surface area contributed by atoms with Crippen molar-refractivity contribution in [2.75, 3.05) is 39.3 Å². The summed E-state index contributed by atoms with van der Waals surface area (Å²) in [5.74, 6) is 1.07. The smallest absolute Gasteiger partial charge is 0.256 e. The summed E-state index contributed by atoms with van der Waals surface area (Å²) in [7, 11) is -0.522. The van der Waals surface area contributed by atoms with Gasteiger partial charge in [-0.25, -0.2) is 15.0 Å². The molecule has 13 nitrogen and oxygen atoms in total. The number of rotatable bonds is 12. The van der Waals surface area contributed by atoms with Crippen molar-refractivity contribution in [1.82, 2.24) is 24.2 Å². The highest BCUT2D eigenvalue weighted by atomic mass is 31.2. The van der Waals surface area contributed by atoms with Crippen LogP contribution in [0.25, 0.3) is 11.2 Å². The van der Waals surface area contributed by atoms with Crippen LogP contribution in [-0.2, 0) is 14.7 Å². The zero-order valence-electron chi connectivity index (χ0n) is 31.9. The van der Waals surface area contributed by atoms with Crippen LogP contribution >= 0.6 is 7.29 Å². The number of aliphatic hydroxyl groups excluding tert-OH is 1. The molecule has 2 saturated heterocycles. The van der Waals surface area contributed by atoms with E-state index in [1.807, 2.05) is 89.6 Å². The summed E-state index contributed by atoms with van der Waals surface area (Å²) in [6.07, 6.45) is 0.398. The fourth-order valence-corrected chi connectivity index (χ4v) is 11.2. The van der Waals surface area contributed by atoms with E-state index in [0.29, 0.717) is 58.0 Å². The molecule has 0 bridgehead atoms.